The molecule has 2 aromatic rings. The van der Waals surface area contributed by atoms with Crippen molar-refractivity contribution in [2.75, 3.05) is 6.54 Å². The molecule has 0 saturated carbocycles. The minimum atomic E-state index is -0.0794. The molecule has 0 saturated heterocycles. The molecule has 0 unspecified atom stereocenters. The molecule has 0 aliphatic rings. The summed E-state index contributed by atoms with van der Waals surface area (Å²) in [5, 5.41) is 5.68. The average molecular weight is 274 g/mol. The van der Waals surface area contributed by atoms with Gasteiger partial charge in [-0.15, -0.1) is 11.3 Å². The van der Waals surface area contributed by atoms with Gasteiger partial charge in [0.1, 0.15) is 5.69 Å². The summed E-state index contributed by atoms with van der Waals surface area (Å²) in [6.07, 6.45) is 0.781. The molecule has 1 heterocycles. The van der Waals surface area contributed by atoms with Crippen LogP contribution in [0.4, 0.5) is 0 Å². The van der Waals surface area contributed by atoms with Crippen molar-refractivity contribution in [1.29, 1.82) is 0 Å². The SMILES string of the molecule is CC(C)CNC(=O)c1csc(Cc2ccccc2)n1. The fourth-order valence-electron chi connectivity index (χ4n) is 1.65. The van der Waals surface area contributed by atoms with Crippen LogP contribution in [0.3, 0.4) is 0 Å². The number of benzene rings is 1. The van der Waals surface area contributed by atoms with Crippen LogP contribution in [0.25, 0.3) is 0 Å². The number of aromatic nitrogens is 1. The number of thiazole rings is 1. The molecule has 4 heteroatoms. The number of carbonyl (C=O) groups is 1. The lowest BCUT2D eigenvalue weighted by molar-refractivity contribution is 0.0944. The number of hydrogen-bond acceptors (Lipinski definition) is 3. The summed E-state index contributed by atoms with van der Waals surface area (Å²) in [6.45, 7) is 4.83. The molecule has 1 amide bonds. The first-order valence-electron chi connectivity index (χ1n) is 6.41. The highest BCUT2D eigenvalue weighted by molar-refractivity contribution is 7.09. The van der Waals surface area contributed by atoms with Gasteiger partial charge in [-0.1, -0.05) is 44.2 Å². The molecule has 1 aromatic carbocycles. The normalized spacial score (nSPS) is 10.7. The Hall–Kier alpha value is -1.68. The predicted molar refractivity (Wildman–Crippen MR) is 78.5 cm³/mol. The van der Waals surface area contributed by atoms with E-state index in [0.29, 0.717) is 18.2 Å². The number of amides is 1. The van der Waals surface area contributed by atoms with Crippen LogP contribution in [-0.2, 0) is 6.42 Å². The highest BCUT2D eigenvalue weighted by Crippen LogP contribution is 2.14. The Kier molecular flexibility index (Phi) is 4.68. The standard InChI is InChI=1S/C15H18N2OS/c1-11(2)9-16-15(18)13-10-19-14(17-13)8-12-6-4-3-5-7-12/h3-7,10-11H,8-9H2,1-2H3,(H,16,18). The van der Waals surface area contributed by atoms with E-state index in [1.54, 1.807) is 0 Å². The Balaban J connectivity index is 1.97. The Morgan fingerprint density at radius 1 is 1.32 bits per heavy atom. The van der Waals surface area contributed by atoms with Crippen LogP contribution in [-0.4, -0.2) is 17.4 Å². The summed E-state index contributed by atoms with van der Waals surface area (Å²) in [6, 6.07) is 10.2. The summed E-state index contributed by atoms with van der Waals surface area (Å²) in [5.74, 6) is 0.371. The Labute approximate surface area is 117 Å². The van der Waals surface area contributed by atoms with Gasteiger partial charge in [-0.3, -0.25) is 4.79 Å². The zero-order valence-corrected chi connectivity index (χ0v) is 12.0. The smallest absolute Gasteiger partial charge is 0.270 e. The van der Waals surface area contributed by atoms with Gasteiger partial charge in [0.25, 0.3) is 5.91 Å². The third-order valence-electron chi connectivity index (χ3n) is 2.65. The third-order valence-corrected chi connectivity index (χ3v) is 3.50. The molecule has 0 radical (unpaired) electrons. The van der Waals surface area contributed by atoms with Crippen LogP contribution in [0, 0.1) is 5.92 Å². The maximum atomic E-state index is 11.8. The summed E-state index contributed by atoms with van der Waals surface area (Å²) in [7, 11) is 0. The molecular weight excluding hydrogens is 256 g/mol. The van der Waals surface area contributed by atoms with E-state index in [-0.39, 0.29) is 5.91 Å². The number of carbonyl (C=O) groups excluding carboxylic acids is 1. The maximum Gasteiger partial charge on any atom is 0.270 e. The molecule has 2 rings (SSSR count). The van der Waals surface area contributed by atoms with Crippen molar-refractivity contribution in [3.63, 3.8) is 0 Å². The van der Waals surface area contributed by atoms with Gasteiger partial charge in [0, 0.05) is 18.3 Å². The van der Waals surface area contributed by atoms with Crippen molar-refractivity contribution in [2.45, 2.75) is 20.3 Å². The monoisotopic (exact) mass is 274 g/mol. The number of hydrogen-bond donors (Lipinski definition) is 1. The topological polar surface area (TPSA) is 42.0 Å². The summed E-state index contributed by atoms with van der Waals surface area (Å²) in [4.78, 5) is 16.2. The van der Waals surface area contributed by atoms with Crippen LogP contribution < -0.4 is 5.32 Å². The lowest BCUT2D eigenvalue weighted by atomic mass is 10.2. The zero-order valence-electron chi connectivity index (χ0n) is 11.2. The highest BCUT2D eigenvalue weighted by atomic mass is 32.1. The average Bonchev–Trinajstić information content (AvgIpc) is 2.85. The van der Waals surface area contributed by atoms with E-state index in [1.807, 2.05) is 23.6 Å². The van der Waals surface area contributed by atoms with E-state index in [0.717, 1.165) is 11.4 Å². The van der Waals surface area contributed by atoms with Gasteiger partial charge < -0.3 is 5.32 Å². The van der Waals surface area contributed by atoms with E-state index in [9.17, 15) is 4.79 Å². The van der Waals surface area contributed by atoms with Gasteiger partial charge in [0.2, 0.25) is 0 Å². The van der Waals surface area contributed by atoms with Gasteiger partial charge in [0.15, 0.2) is 0 Å². The predicted octanol–water partition coefficient (Wildman–Crippen LogP) is 3.12. The molecule has 0 aliphatic heterocycles. The molecule has 1 N–H and O–H groups in total. The van der Waals surface area contributed by atoms with E-state index < -0.39 is 0 Å². The summed E-state index contributed by atoms with van der Waals surface area (Å²) < 4.78 is 0. The van der Waals surface area contributed by atoms with Crippen molar-refractivity contribution in [2.24, 2.45) is 5.92 Å². The minimum Gasteiger partial charge on any atom is -0.350 e. The summed E-state index contributed by atoms with van der Waals surface area (Å²) in [5.41, 5.74) is 1.74. The summed E-state index contributed by atoms with van der Waals surface area (Å²) >= 11 is 1.54. The van der Waals surface area contributed by atoms with Crippen LogP contribution in [0.2, 0.25) is 0 Å². The molecule has 0 spiro atoms. The molecule has 1 aromatic heterocycles. The Morgan fingerprint density at radius 2 is 2.05 bits per heavy atom. The maximum absolute atomic E-state index is 11.8. The second kappa shape index (κ2) is 6.48. The second-order valence-corrected chi connectivity index (χ2v) is 5.84. The Morgan fingerprint density at radius 3 is 2.74 bits per heavy atom. The van der Waals surface area contributed by atoms with Crippen molar-refractivity contribution in [3.8, 4) is 0 Å². The molecule has 3 nitrogen and oxygen atoms in total. The number of nitrogens with one attached hydrogen (secondary N) is 1. The third kappa shape index (κ3) is 4.17. The molecule has 0 bridgehead atoms. The number of rotatable bonds is 5. The van der Waals surface area contributed by atoms with Crippen LogP contribution >= 0.6 is 11.3 Å². The first-order valence-corrected chi connectivity index (χ1v) is 7.29. The Bertz CT molecular complexity index is 534. The van der Waals surface area contributed by atoms with Gasteiger partial charge in [-0.2, -0.15) is 0 Å². The largest absolute Gasteiger partial charge is 0.350 e. The molecule has 0 fully saturated rings. The van der Waals surface area contributed by atoms with E-state index >= 15 is 0 Å². The van der Waals surface area contributed by atoms with Crippen LogP contribution in [0.5, 0.6) is 0 Å². The molecule has 19 heavy (non-hydrogen) atoms. The first kappa shape index (κ1) is 13.7. The fourth-order valence-corrected chi connectivity index (χ4v) is 2.46. The van der Waals surface area contributed by atoms with Gasteiger partial charge in [0.05, 0.1) is 5.01 Å². The van der Waals surface area contributed by atoms with Crippen LogP contribution in [0.1, 0.15) is 34.9 Å². The quantitative estimate of drug-likeness (QED) is 0.910. The van der Waals surface area contributed by atoms with E-state index in [1.165, 1.54) is 16.9 Å². The van der Waals surface area contributed by atoms with Crippen molar-refractivity contribution >= 4 is 17.2 Å². The van der Waals surface area contributed by atoms with Crippen molar-refractivity contribution in [3.05, 3.63) is 52.0 Å². The van der Waals surface area contributed by atoms with Crippen molar-refractivity contribution < 1.29 is 4.79 Å². The first-order chi connectivity index (χ1) is 9.15. The van der Waals surface area contributed by atoms with Crippen LogP contribution in [0.15, 0.2) is 35.7 Å². The number of nitrogens with zero attached hydrogens (tertiary/aromatic N) is 1. The zero-order chi connectivity index (χ0) is 13.7. The minimum absolute atomic E-state index is 0.0794. The molecular formula is C15H18N2OS. The van der Waals surface area contributed by atoms with Crippen molar-refractivity contribution in [1.82, 2.24) is 10.3 Å². The lowest BCUT2D eigenvalue weighted by Crippen LogP contribution is -2.27. The van der Waals surface area contributed by atoms with Gasteiger partial charge in [-0.05, 0) is 11.5 Å². The lowest BCUT2D eigenvalue weighted by Gasteiger charge is -2.05. The molecule has 0 aliphatic carbocycles. The molecule has 100 valence electrons. The van der Waals surface area contributed by atoms with Gasteiger partial charge >= 0.3 is 0 Å². The molecule has 0 atom stereocenters. The fraction of sp³-hybridized carbons (Fsp3) is 0.333. The highest BCUT2D eigenvalue weighted by Gasteiger charge is 2.10. The second-order valence-electron chi connectivity index (χ2n) is 4.89. The van der Waals surface area contributed by atoms with E-state index in [4.69, 9.17) is 0 Å². The van der Waals surface area contributed by atoms with Gasteiger partial charge in [-0.25, -0.2) is 4.98 Å². The van der Waals surface area contributed by atoms with E-state index in [2.05, 4.69) is 36.3 Å².